The van der Waals surface area contributed by atoms with E-state index in [0.29, 0.717) is 22.4 Å². The van der Waals surface area contributed by atoms with Crippen LogP contribution >= 0.6 is 0 Å². The lowest BCUT2D eigenvalue weighted by molar-refractivity contribution is 0.770. The topological polar surface area (TPSA) is 96.4 Å². The summed E-state index contributed by atoms with van der Waals surface area (Å²) in [5, 5.41) is 6.77. The largest absolute Gasteiger partial charge is 0.329 e. The molecule has 7 heteroatoms. The minimum absolute atomic E-state index is 0.122. The highest BCUT2D eigenvalue weighted by Crippen LogP contribution is 2.33. The Hall–Kier alpha value is -4.00. The van der Waals surface area contributed by atoms with Crippen LogP contribution in [0, 0.1) is 0 Å². The summed E-state index contributed by atoms with van der Waals surface area (Å²) in [7, 11) is 1.84. The number of hydrogen-bond acceptors (Lipinski definition) is 4. The summed E-state index contributed by atoms with van der Waals surface area (Å²) in [5.41, 5.74) is 3.34. The lowest BCUT2D eigenvalue weighted by Gasteiger charge is -2.10. The van der Waals surface area contributed by atoms with Gasteiger partial charge in [-0.15, -0.1) is 0 Å². The number of aromatic amines is 2. The molecule has 0 saturated carbocycles. The highest BCUT2D eigenvalue weighted by molar-refractivity contribution is 5.93. The van der Waals surface area contributed by atoms with Crippen molar-refractivity contribution in [3.05, 3.63) is 81.6 Å². The number of nitrogens with one attached hydrogen (secondary N) is 2. The van der Waals surface area contributed by atoms with E-state index < -0.39 is 0 Å². The highest BCUT2D eigenvalue weighted by atomic mass is 16.1. The van der Waals surface area contributed by atoms with Crippen LogP contribution in [-0.4, -0.2) is 24.7 Å². The third-order valence-electron chi connectivity index (χ3n) is 4.75. The van der Waals surface area contributed by atoms with Gasteiger partial charge in [0.25, 0.3) is 5.56 Å². The molecule has 0 atom stereocenters. The molecular weight excluding hydrogens is 354 g/mol. The summed E-state index contributed by atoms with van der Waals surface area (Å²) >= 11 is 0. The van der Waals surface area contributed by atoms with Gasteiger partial charge < -0.3 is 9.97 Å². The Morgan fingerprint density at radius 2 is 1.86 bits per heavy atom. The Kier molecular flexibility index (Phi) is 3.48. The van der Waals surface area contributed by atoms with E-state index in [4.69, 9.17) is 4.98 Å². The van der Waals surface area contributed by atoms with Crippen LogP contribution in [-0.2, 0) is 7.05 Å². The number of aromatic nitrogens is 5. The van der Waals surface area contributed by atoms with Crippen molar-refractivity contribution in [1.29, 1.82) is 0 Å². The fourth-order valence-corrected chi connectivity index (χ4v) is 3.40. The molecule has 0 aliphatic rings. The molecule has 0 aliphatic carbocycles. The van der Waals surface area contributed by atoms with Gasteiger partial charge >= 0.3 is 0 Å². The molecule has 7 nitrogen and oxygen atoms in total. The van der Waals surface area contributed by atoms with Gasteiger partial charge in [0.2, 0.25) is 5.56 Å². The van der Waals surface area contributed by atoms with Crippen molar-refractivity contribution in [2.75, 3.05) is 0 Å². The van der Waals surface area contributed by atoms with Gasteiger partial charge in [0, 0.05) is 41.8 Å². The molecule has 0 unspecified atom stereocenters. The monoisotopic (exact) mass is 369 g/mol. The molecule has 0 spiro atoms. The van der Waals surface area contributed by atoms with E-state index >= 15 is 0 Å². The Balaban J connectivity index is 1.83. The highest BCUT2D eigenvalue weighted by Gasteiger charge is 2.15. The average molecular weight is 369 g/mol. The minimum atomic E-state index is -0.204. The maximum Gasteiger partial charge on any atom is 0.255 e. The van der Waals surface area contributed by atoms with E-state index in [1.54, 1.807) is 16.9 Å². The SMILES string of the molecule is Cn1ccc(-c2nc3[nH]c(=O)ccc3cc2-c2ccc3c(=O)[nH]ccc3c2)n1. The number of pyridine rings is 3. The summed E-state index contributed by atoms with van der Waals surface area (Å²) in [5.74, 6) is 0. The second-order valence-electron chi connectivity index (χ2n) is 6.63. The smallest absolute Gasteiger partial charge is 0.255 e. The molecular formula is C21H15N5O2. The van der Waals surface area contributed by atoms with Crippen LogP contribution in [0.15, 0.2) is 70.5 Å². The number of fused-ring (bicyclic) bond motifs is 2. The van der Waals surface area contributed by atoms with E-state index in [9.17, 15) is 9.59 Å². The van der Waals surface area contributed by atoms with Crippen molar-refractivity contribution in [3.8, 4) is 22.5 Å². The van der Waals surface area contributed by atoms with Gasteiger partial charge in [0.05, 0.1) is 0 Å². The molecule has 0 amide bonds. The Labute approximate surface area is 158 Å². The third-order valence-corrected chi connectivity index (χ3v) is 4.75. The van der Waals surface area contributed by atoms with E-state index in [2.05, 4.69) is 15.1 Å². The zero-order chi connectivity index (χ0) is 19.3. The van der Waals surface area contributed by atoms with Gasteiger partial charge in [0.1, 0.15) is 17.0 Å². The summed E-state index contributed by atoms with van der Waals surface area (Å²) < 4.78 is 1.71. The van der Waals surface area contributed by atoms with E-state index in [1.807, 2.05) is 49.6 Å². The van der Waals surface area contributed by atoms with E-state index in [1.165, 1.54) is 6.07 Å². The number of nitrogens with zero attached hydrogens (tertiary/aromatic N) is 3. The second-order valence-corrected chi connectivity index (χ2v) is 6.63. The number of rotatable bonds is 2. The van der Waals surface area contributed by atoms with Crippen LogP contribution < -0.4 is 11.1 Å². The molecule has 0 bridgehead atoms. The zero-order valence-electron chi connectivity index (χ0n) is 14.9. The van der Waals surface area contributed by atoms with Gasteiger partial charge in [-0.1, -0.05) is 6.07 Å². The quantitative estimate of drug-likeness (QED) is 0.500. The first-order chi connectivity index (χ1) is 13.6. The van der Waals surface area contributed by atoms with Crippen LogP contribution in [0.5, 0.6) is 0 Å². The van der Waals surface area contributed by atoms with E-state index in [0.717, 1.165) is 21.9 Å². The second kappa shape index (κ2) is 6.02. The van der Waals surface area contributed by atoms with Gasteiger partial charge in [-0.2, -0.15) is 5.10 Å². The van der Waals surface area contributed by atoms with Gasteiger partial charge in [-0.25, -0.2) is 4.98 Å². The summed E-state index contributed by atoms with van der Waals surface area (Å²) in [4.78, 5) is 33.9. The van der Waals surface area contributed by atoms with Crippen LogP contribution in [0.25, 0.3) is 44.3 Å². The predicted molar refractivity (Wildman–Crippen MR) is 108 cm³/mol. The number of benzene rings is 1. The van der Waals surface area contributed by atoms with Gasteiger partial charge in [0.15, 0.2) is 0 Å². The molecule has 0 fully saturated rings. The van der Waals surface area contributed by atoms with Crippen LogP contribution in [0.2, 0.25) is 0 Å². The minimum Gasteiger partial charge on any atom is -0.329 e. The van der Waals surface area contributed by atoms with Crippen LogP contribution in [0.4, 0.5) is 0 Å². The number of hydrogen-bond donors (Lipinski definition) is 2. The molecule has 5 aromatic rings. The molecule has 4 aromatic heterocycles. The first-order valence-corrected chi connectivity index (χ1v) is 8.74. The van der Waals surface area contributed by atoms with Crippen molar-refractivity contribution in [2.45, 2.75) is 0 Å². The molecule has 0 radical (unpaired) electrons. The Morgan fingerprint density at radius 1 is 0.964 bits per heavy atom. The molecule has 1 aromatic carbocycles. The van der Waals surface area contributed by atoms with Crippen LogP contribution in [0.1, 0.15) is 0 Å². The maximum absolute atomic E-state index is 12.0. The number of aryl methyl sites for hydroxylation is 1. The molecule has 4 heterocycles. The first kappa shape index (κ1) is 16.2. The summed E-state index contributed by atoms with van der Waals surface area (Å²) in [6, 6.07) is 14.6. The van der Waals surface area contributed by atoms with Crippen molar-refractivity contribution in [1.82, 2.24) is 24.7 Å². The standard InChI is InChI=1S/C21H15N5O2/c1-26-9-7-17(25-26)19-16(11-14-3-5-18(27)23-20(14)24-19)12-2-4-15-13(10-12)6-8-22-21(15)28/h2-11H,1H3,(H,22,28)(H,23,24,27). The average Bonchev–Trinajstić information content (AvgIpc) is 3.13. The third kappa shape index (κ3) is 2.61. The normalized spacial score (nSPS) is 11.3. The first-order valence-electron chi connectivity index (χ1n) is 8.74. The van der Waals surface area contributed by atoms with E-state index in [-0.39, 0.29) is 11.1 Å². The molecule has 2 N–H and O–H groups in total. The zero-order valence-corrected chi connectivity index (χ0v) is 14.9. The molecule has 28 heavy (non-hydrogen) atoms. The molecule has 0 aliphatic heterocycles. The molecule has 0 saturated heterocycles. The molecule has 136 valence electrons. The predicted octanol–water partition coefficient (Wildman–Crippen LogP) is 2.83. The summed E-state index contributed by atoms with van der Waals surface area (Å²) in [6.45, 7) is 0. The van der Waals surface area contributed by atoms with Crippen LogP contribution in [0.3, 0.4) is 0 Å². The lowest BCUT2D eigenvalue weighted by atomic mass is 9.98. The van der Waals surface area contributed by atoms with Crippen molar-refractivity contribution in [2.24, 2.45) is 7.05 Å². The summed E-state index contributed by atoms with van der Waals surface area (Å²) in [6.07, 6.45) is 3.48. The fraction of sp³-hybridized carbons (Fsp3) is 0.0476. The van der Waals surface area contributed by atoms with Gasteiger partial charge in [-0.05, 0) is 47.3 Å². The number of H-pyrrole nitrogens is 2. The van der Waals surface area contributed by atoms with Crippen molar-refractivity contribution < 1.29 is 0 Å². The fourth-order valence-electron chi connectivity index (χ4n) is 3.40. The Morgan fingerprint density at radius 3 is 2.68 bits per heavy atom. The lowest BCUT2D eigenvalue weighted by Crippen LogP contribution is -2.05. The Bertz CT molecular complexity index is 1480. The molecule has 5 rings (SSSR count). The van der Waals surface area contributed by atoms with Crippen molar-refractivity contribution >= 4 is 21.8 Å². The van der Waals surface area contributed by atoms with Gasteiger partial charge in [-0.3, -0.25) is 14.3 Å². The van der Waals surface area contributed by atoms with Crippen molar-refractivity contribution in [3.63, 3.8) is 0 Å². The maximum atomic E-state index is 12.0.